The van der Waals surface area contributed by atoms with E-state index in [9.17, 15) is 19.2 Å². The number of guanidine groups is 1. The third-order valence-electron chi connectivity index (χ3n) is 3.07. The number of carbonyl (C=O) groups excluding carboxylic acids is 4. The van der Waals surface area contributed by atoms with Gasteiger partial charge in [0, 0.05) is 6.42 Å². The van der Waals surface area contributed by atoms with Crippen LogP contribution in [-0.2, 0) is 28.6 Å². The summed E-state index contributed by atoms with van der Waals surface area (Å²) >= 11 is 0. The van der Waals surface area contributed by atoms with Crippen molar-refractivity contribution in [1.29, 1.82) is 0 Å². The Labute approximate surface area is 200 Å². The average Bonchev–Trinajstić information content (AvgIpc) is 2.58. The number of esters is 1. The minimum atomic E-state index is -1.09. The molecule has 0 aromatic heterocycles. The van der Waals surface area contributed by atoms with E-state index in [2.05, 4.69) is 25.8 Å². The highest BCUT2D eigenvalue weighted by atomic mass is 16.6. The molecule has 0 spiro atoms. The van der Waals surface area contributed by atoms with Gasteiger partial charge in [-0.05, 0) is 67.5 Å². The molecule has 0 unspecified atom stereocenters. The van der Waals surface area contributed by atoms with Crippen LogP contribution in [0.3, 0.4) is 0 Å². The molecule has 1 atom stereocenters. The molecule has 0 heterocycles. The van der Waals surface area contributed by atoms with Gasteiger partial charge in [-0.15, -0.1) is 0 Å². The Morgan fingerprint density at radius 2 is 1.15 bits per heavy atom. The highest BCUT2D eigenvalue weighted by molar-refractivity contribution is 6.01. The van der Waals surface area contributed by atoms with Gasteiger partial charge >= 0.3 is 24.2 Å². The monoisotopic (exact) mass is 490 g/mol. The van der Waals surface area contributed by atoms with Gasteiger partial charge in [0.1, 0.15) is 29.5 Å². The molecule has 0 rings (SSSR count). The molecule has 0 aliphatic rings. The van der Waals surface area contributed by atoms with Gasteiger partial charge in [-0.1, -0.05) is 0 Å². The van der Waals surface area contributed by atoms with Crippen molar-refractivity contribution in [1.82, 2.24) is 16.0 Å². The van der Waals surface area contributed by atoms with E-state index in [0.717, 1.165) is 0 Å². The highest BCUT2D eigenvalue weighted by Gasteiger charge is 2.25. The van der Waals surface area contributed by atoms with Crippen molar-refractivity contribution in [2.75, 3.05) is 13.7 Å². The number of amides is 3. The quantitative estimate of drug-likeness (QED) is 0.127. The number of methoxy groups -OCH3 is 1. The molecule has 13 nitrogen and oxygen atoms in total. The number of ether oxygens (including phenoxy) is 4. The van der Waals surface area contributed by atoms with Crippen LogP contribution in [0.15, 0.2) is 5.16 Å². The fourth-order valence-corrected chi connectivity index (χ4v) is 2.00. The summed E-state index contributed by atoms with van der Waals surface area (Å²) in [6, 6.07) is -1.09. The molecular weight excluding hydrogens is 452 g/mol. The van der Waals surface area contributed by atoms with Crippen molar-refractivity contribution in [2.24, 2.45) is 5.16 Å². The highest BCUT2D eigenvalue weighted by Crippen LogP contribution is 2.09. The van der Waals surface area contributed by atoms with Crippen LogP contribution in [-0.4, -0.2) is 66.8 Å². The van der Waals surface area contributed by atoms with Crippen molar-refractivity contribution in [2.45, 2.75) is 91.6 Å². The van der Waals surface area contributed by atoms with E-state index in [1.54, 1.807) is 62.3 Å². The van der Waals surface area contributed by atoms with Crippen LogP contribution in [0.1, 0.15) is 68.7 Å². The van der Waals surface area contributed by atoms with Gasteiger partial charge in [-0.2, -0.15) is 0 Å². The second-order valence-electron chi connectivity index (χ2n) is 10.0. The summed E-state index contributed by atoms with van der Waals surface area (Å²) in [5.41, 5.74) is -2.37. The average molecular weight is 491 g/mol. The Kier molecular flexibility index (Phi) is 11.6. The van der Waals surface area contributed by atoms with Gasteiger partial charge in [0.05, 0.1) is 7.11 Å². The van der Waals surface area contributed by atoms with Crippen molar-refractivity contribution in [3.63, 3.8) is 0 Å². The molecule has 34 heavy (non-hydrogen) atoms. The van der Waals surface area contributed by atoms with Crippen LogP contribution in [0.2, 0.25) is 0 Å². The lowest BCUT2D eigenvalue weighted by molar-refractivity contribution is -0.143. The summed E-state index contributed by atoms with van der Waals surface area (Å²) in [4.78, 5) is 53.2. The molecule has 3 amide bonds. The number of hydrogen-bond acceptors (Lipinski definition) is 10. The van der Waals surface area contributed by atoms with Gasteiger partial charge in [0.25, 0.3) is 5.96 Å². The van der Waals surface area contributed by atoms with E-state index >= 15 is 0 Å². The molecule has 0 bridgehead atoms. The molecule has 0 aliphatic heterocycles. The number of carbonyl (C=O) groups is 4. The Morgan fingerprint density at radius 1 is 0.735 bits per heavy atom. The zero-order chi connectivity index (χ0) is 26.7. The minimum Gasteiger partial charge on any atom is -0.467 e. The maximum Gasteiger partial charge on any atom is 0.414 e. The first-order chi connectivity index (χ1) is 15.3. The van der Waals surface area contributed by atoms with Gasteiger partial charge in [-0.3, -0.25) is 10.6 Å². The van der Waals surface area contributed by atoms with E-state index < -0.39 is 53.1 Å². The maximum absolute atomic E-state index is 12.1. The van der Waals surface area contributed by atoms with Crippen LogP contribution in [0, 0.1) is 0 Å². The van der Waals surface area contributed by atoms with Crippen LogP contribution < -0.4 is 16.0 Å². The fraction of sp³-hybridized carbons (Fsp3) is 0.762. The smallest absolute Gasteiger partial charge is 0.414 e. The molecule has 0 saturated heterocycles. The third-order valence-corrected chi connectivity index (χ3v) is 3.07. The van der Waals surface area contributed by atoms with Gasteiger partial charge in [-0.25, -0.2) is 19.2 Å². The number of nitrogens with zero attached hydrogens (tertiary/aromatic N) is 1. The first-order valence-electron chi connectivity index (χ1n) is 10.6. The number of nitrogens with one attached hydrogen (secondary N) is 3. The number of alkyl carbamates (subject to hydrolysis) is 3. The summed E-state index contributed by atoms with van der Waals surface area (Å²) in [6.07, 6.45) is -2.66. The van der Waals surface area contributed by atoms with Gasteiger partial charge in [0.2, 0.25) is 0 Å². The number of rotatable bonds is 6. The van der Waals surface area contributed by atoms with Crippen LogP contribution in [0.4, 0.5) is 14.4 Å². The Hall–Kier alpha value is -3.25. The maximum atomic E-state index is 12.1. The summed E-state index contributed by atoms with van der Waals surface area (Å²) in [7, 11) is 1.17. The van der Waals surface area contributed by atoms with Gasteiger partial charge in [0.15, 0.2) is 0 Å². The van der Waals surface area contributed by atoms with Crippen LogP contribution >= 0.6 is 0 Å². The molecule has 0 fully saturated rings. The van der Waals surface area contributed by atoms with Crippen LogP contribution in [0.5, 0.6) is 0 Å². The van der Waals surface area contributed by atoms with E-state index in [-0.39, 0.29) is 13.0 Å². The second kappa shape index (κ2) is 12.8. The number of hydrogen-bond donors (Lipinski definition) is 3. The van der Waals surface area contributed by atoms with E-state index in [1.165, 1.54) is 7.11 Å². The molecule has 0 radical (unpaired) electrons. The minimum absolute atomic E-state index is 0.0540. The second-order valence-corrected chi connectivity index (χ2v) is 10.0. The topological polar surface area (TPSA) is 163 Å². The Morgan fingerprint density at radius 3 is 1.53 bits per heavy atom. The molecule has 0 aliphatic carbocycles. The Bertz CT molecular complexity index is 715. The largest absolute Gasteiger partial charge is 0.467 e. The lowest BCUT2D eigenvalue weighted by Crippen LogP contribution is -2.47. The van der Waals surface area contributed by atoms with Crippen molar-refractivity contribution < 1.29 is 43.0 Å². The van der Waals surface area contributed by atoms with Gasteiger partial charge < -0.3 is 29.1 Å². The van der Waals surface area contributed by atoms with Crippen molar-refractivity contribution >= 4 is 30.2 Å². The standard InChI is InChI=1S/C21H38N4O9/c1-19(2,3)32-16(27)22-13(14(26)30-10)11-12-31-25-15(23-17(28)33-20(4,5)6)24-18(29)34-21(7,8)9/h13H,11-12H2,1-10H3,(H,22,27)(H2,23,24,25,28,29)/t13-/m0/s1. The normalized spacial score (nSPS) is 12.4. The first-order valence-corrected chi connectivity index (χ1v) is 10.6. The predicted octanol–water partition coefficient (Wildman–Crippen LogP) is 2.78. The fourth-order valence-electron chi connectivity index (χ4n) is 2.00. The van der Waals surface area contributed by atoms with E-state index in [1.807, 2.05) is 0 Å². The molecular formula is C21H38N4O9. The molecule has 0 aromatic carbocycles. The molecule has 0 saturated carbocycles. The predicted molar refractivity (Wildman–Crippen MR) is 122 cm³/mol. The van der Waals surface area contributed by atoms with E-state index in [4.69, 9.17) is 19.0 Å². The lowest BCUT2D eigenvalue weighted by atomic mass is 10.2. The molecule has 196 valence electrons. The van der Waals surface area contributed by atoms with Crippen molar-refractivity contribution in [3.05, 3.63) is 0 Å². The zero-order valence-electron chi connectivity index (χ0n) is 21.6. The third kappa shape index (κ3) is 16.4. The van der Waals surface area contributed by atoms with Crippen molar-refractivity contribution in [3.8, 4) is 0 Å². The molecule has 13 heteroatoms. The number of oxime groups is 1. The SMILES string of the molecule is COC(=O)[C@H](CCON=C(NC(=O)OC(C)(C)C)NC(=O)OC(C)(C)C)NC(=O)OC(C)(C)C. The Balaban J connectivity index is 5.20. The summed E-state index contributed by atoms with van der Waals surface area (Å²) in [5.74, 6) is -1.13. The zero-order valence-corrected chi connectivity index (χ0v) is 21.6. The van der Waals surface area contributed by atoms with Crippen LogP contribution in [0.25, 0.3) is 0 Å². The summed E-state index contributed by atoms with van der Waals surface area (Å²) in [5, 5.41) is 10.5. The first kappa shape index (κ1) is 30.8. The lowest BCUT2D eigenvalue weighted by Gasteiger charge is -2.22. The summed E-state index contributed by atoms with van der Waals surface area (Å²) in [6.45, 7) is 14.8. The summed E-state index contributed by atoms with van der Waals surface area (Å²) < 4.78 is 20.0. The molecule has 3 N–H and O–H groups in total. The molecule has 0 aromatic rings. The van der Waals surface area contributed by atoms with E-state index in [0.29, 0.717) is 0 Å².